The van der Waals surface area contributed by atoms with Crippen LogP contribution in [0.1, 0.15) is 13.8 Å². The van der Waals surface area contributed by atoms with E-state index >= 15 is 0 Å². The van der Waals surface area contributed by atoms with E-state index < -0.39 is 0 Å². The lowest BCUT2D eigenvalue weighted by atomic mass is 10.1. The predicted molar refractivity (Wildman–Crippen MR) is 117 cm³/mol. The maximum atomic E-state index is 6.25. The average molecular weight is 427 g/mol. The standard InChI is InChI=1S/C21H23ClN6O2/c1-13-11-28(12-14(2)30-13)21-23-7-6-19(26-21)25-20-9-16(10-24-27-20)15-4-5-18(29-3)17(22)8-15/h4-10,13-14H,11-12H2,1-3H3,(H,23,25,26,27)/t13-,14+. The Morgan fingerprint density at radius 3 is 2.63 bits per heavy atom. The van der Waals surface area contributed by atoms with Crippen molar-refractivity contribution in [3.05, 3.63) is 47.7 Å². The van der Waals surface area contributed by atoms with E-state index in [1.165, 1.54) is 0 Å². The van der Waals surface area contributed by atoms with Gasteiger partial charge < -0.3 is 19.7 Å². The van der Waals surface area contributed by atoms with Crippen LogP contribution in [0.2, 0.25) is 5.02 Å². The summed E-state index contributed by atoms with van der Waals surface area (Å²) in [7, 11) is 1.59. The van der Waals surface area contributed by atoms with Gasteiger partial charge in [0.1, 0.15) is 11.6 Å². The van der Waals surface area contributed by atoms with Gasteiger partial charge in [-0.25, -0.2) is 4.98 Å². The molecule has 0 spiro atoms. The molecular weight excluding hydrogens is 404 g/mol. The summed E-state index contributed by atoms with van der Waals surface area (Å²) in [6, 6.07) is 9.28. The SMILES string of the molecule is COc1ccc(-c2cnnc(Nc3ccnc(N4C[C@@H](C)O[C@@H](C)C4)n3)c2)cc1Cl. The molecule has 1 fully saturated rings. The van der Waals surface area contributed by atoms with Crippen LogP contribution in [0.5, 0.6) is 5.75 Å². The van der Waals surface area contributed by atoms with Gasteiger partial charge in [0.15, 0.2) is 5.82 Å². The molecule has 1 aromatic carbocycles. The Morgan fingerprint density at radius 2 is 1.90 bits per heavy atom. The van der Waals surface area contributed by atoms with Crippen LogP contribution in [-0.2, 0) is 4.74 Å². The van der Waals surface area contributed by atoms with Crippen LogP contribution < -0.4 is 15.0 Å². The number of benzene rings is 1. The quantitative estimate of drug-likeness (QED) is 0.656. The minimum Gasteiger partial charge on any atom is -0.495 e. The molecule has 3 aromatic rings. The average Bonchev–Trinajstić information content (AvgIpc) is 2.73. The van der Waals surface area contributed by atoms with Gasteiger partial charge in [0.2, 0.25) is 5.95 Å². The summed E-state index contributed by atoms with van der Waals surface area (Å²) >= 11 is 6.25. The summed E-state index contributed by atoms with van der Waals surface area (Å²) < 4.78 is 11.0. The van der Waals surface area contributed by atoms with E-state index in [1.54, 1.807) is 25.6 Å². The molecule has 0 saturated carbocycles. The molecule has 0 bridgehead atoms. The van der Waals surface area contributed by atoms with Crippen molar-refractivity contribution in [1.29, 1.82) is 0 Å². The third-order valence-corrected chi connectivity index (χ3v) is 5.04. The van der Waals surface area contributed by atoms with Crippen molar-refractivity contribution < 1.29 is 9.47 Å². The van der Waals surface area contributed by atoms with E-state index in [0.717, 1.165) is 24.2 Å². The maximum Gasteiger partial charge on any atom is 0.227 e. The molecule has 30 heavy (non-hydrogen) atoms. The summed E-state index contributed by atoms with van der Waals surface area (Å²) in [5, 5.41) is 12.0. The minimum absolute atomic E-state index is 0.132. The number of hydrogen-bond donors (Lipinski definition) is 1. The molecule has 1 saturated heterocycles. The molecule has 3 heterocycles. The number of methoxy groups -OCH3 is 1. The number of aromatic nitrogens is 4. The smallest absolute Gasteiger partial charge is 0.227 e. The number of anilines is 3. The fourth-order valence-electron chi connectivity index (χ4n) is 3.47. The lowest BCUT2D eigenvalue weighted by molar-refractivity contribution is -0.00571. The molecule has 9 heteroatoms. The highest BCUT2D eigenvalue weighted by Crippen LogP contribution is 2.30. The molecule has 1 aliphatic rings. The summed E-state index contributed by atoms with van der Waals surface area (Å²) in [5.41, 5.74) is 1.79. The monoisotopic (exact) mass is 426 g/mol. The molecule has 0 radical (unpaired) electrons. The van der Waals surface area contributed by atoms with Gasteiger partial charge in [-0.1, -0.05) is 17.7 Å². The molecule has 0 amide bonds. The topological polar surface area (TPSA) is 85.3 Å². The van der Waals surface area contributed by atoms with Gasteiger partial charge in [-0.2, -0.15) is 10.1 Å². The first kappa shape index (κ1) is 20.3. The molecule has 8 nitrogen and oxygen atoms in total. The molecule has 1 aliphatic heterocycles. The van der Waals surface area contributed by atoms with Crippen molar-refractivity contribution in [2.45, 2.75) is 26.1 Å². The Labute approximate surface area is 180 Å². The first-order valence-corrected chi connectivity index (χ1v) is 10.1. The minimum atomic E-state index is 0.132. The number of ether oxygens (including phenoxy) is 2. The fraction of sp³-hybridized carbons (Fsp3) is 0.333. The highest BCUT2D eigenvalue weighted by Gasteiger charge is 2.24. The summed E-state index contributed by atoms with van der Waals surface area (Å²) in [6.07, 6.45) is 3.68. The number of morpholine rings is 1. The summed E-state index contributed by atoms with van der Waals surface area (Å²) in [6.45, 7) is 5.61. The van der Waals surface area contributed by atoms with E-state index in [4.69, 9.17) is 21.1 Å². The molecule has 156 valence electrons. The van der Waals surface area contributed by atoms with Gasteiger partial charge in [0.25, 0.3) is 0 Å². The van der Waals surface area contributed by atoms with Crippen molar-refractivity contribution in [3.63, 3.8) is 0 Å². The zero-order valence-electron chi connectivity index (χ0n) is 17.0. The van der Waals surface area contributed by atoms with Gasteiger partial charge in [-0.05, 0) is 43.7 Å². The number of rotatable bonds is 5. The van der Waals surface area contributed by atoms with Crippen molar-refractivity contribution in [2.24, 2.45) is 0 Å². The Balaban J connectivity index is 1.54. The number of hydrogen-bond acceptors (Lipinski definition) is 8. The second kappa shape index (κ2) is 8.81. The Kier molecular flexibility index (Phi) is 5.96. The molecule has 1 N–H and O–H groups in total. The van der Waals surface area contributed by atoms with Crippen molar-refractivity contribution in [3.8, 4) is 16.9 Å². The van der Waals surface area contributed by atoms with Crippen LogP contribution in [0.25, 0.3) is 11.1 Å². The number of halogens is 1. The van der Waals surface area contributed by atoms with Gasteiger partial charge in [0.05, 0.1) is 30.5 Å². The van der Waals surface area contributed by atoms with Gasteiger partial charge >= 0.3 is 0 Å². The number of nitrogens with zero attached hydrogens (tertiary/aromatic N) is 5. The second-order valence-electron chi connectivity index (χ2n) is 7.21. The van der Waals surface area contributed by atoms with Crippen LogP contribution in [0, 0.1) is 0 Å². The van der Waals surface area contributed by atoms with E-state index in [-0.39, 0.29) is 12.2 Å². The van der Waals surface area contributed by atoms with Crippen LogP contribution in [0.4, 0.5) is 17.6 Å². The molecule has 0 aliphatic carbocycles. The van der Waals surface area contributed by atoms with Crippen molar-refractivity contribution in [2.75, 3.05) is 30.4 Å². The van der Waals surface area contributed by atoms with E-state index in [1.807, 2.05) is 24.3 Å². The third kappa shape index (κ3) is 4.60. The van der Waals surface area contributed by atoms with Crippen LogP contribution in [0.15, 0.2) is 42.7 Å². The first-order chi connectivity index (χ1) is 14.5. The Hall–Kier alpha value is -2.97. The van der Waals surface area contributed by atoms with Crippen LogP contribution >= 0.6 is 11.6 Å². The largest absolute Gasteiger partial charge is 0.495 e. The lowest BCUT2D eigenvalue weighted by Crippen LogP contribution is -2.46. The first-order valence-electron chi connectivity index (χ1n) is 9.69. The normalized spacial score (nSPS) is 18.9. The maximum absolute atomic E-state index is 6.25. The summed E-state index contributed by atoms with van der Waals surface area (Å²) in [4.78, 5) is 11.2. The highest BCUT2D eigenvalue weighted by molar-refractivity contribution is 6.32. The molecule has 2 aromatic heterocycles. The van der Waals surface area contributed by atoms with Gasteiger partial charge in [-0.15, -0.1) is 5.10 Å². The highest BCUT2D eigenvalue weighted by atomic mass is 35.5. The molecule has 4 rings (SSSR count). The van der Waals surface area contributed by atoms with E-state index in [2.05, 4.69) is 44.2 Å². The Bertz CT molecular complexity index is 1020. The van der Waals surface area contributed by atoms with Gasteiger partial charge in [-0.3, -0.25) is 0 Å². The third-order valence-electron chi connectivity index (χ3n) is 4.74. The number of nitrogens with one attached hydrogen (secondary N) is 1. The molecular formula is C21H23ClN6O2. The van der Waals surface area contributed by atoms with Crippen molar-refractivity contribution in [1.82, 2.24) is 20.2 Å². The van der Waals surface area contributed by atoms with Crippen molar-refractivity contribution >= 4 is 29.2 Å². The molecule has 2 atom stereocenters. The van der Waals surface area contributed by atoms with Gasteiger partial charge in [0, 0.05) is 24.8 Å². The lowest BCUT2D eigenvalue weighted by Gasteiger charge is -2.35. The second-order valence-corrected chi connectivity index (χ2v) is 7.62. The molecule has 0 unspecified atom stereocenters. The van der Waals surface area contributed by atoms with E-state index in [0.29, 0.717) is 28.4 Å². The zero-order chi connectivity index (χ0) is 21.1. The summed E-state index contributed by atoms with van der Waals surface area (Å²) in [5.74, 6) is 2.51. The zero-order valence-corrected chi connectivity index (χ0v) is 17.8. The van der Waals surface area contributed by atoms with Crippen LogP contribution in [0.3, 0.4) is 0 Å². The Morgan fingerprint density at radius 1 is 1.10 bits per heavy atom. The predicted octanol–water partition coefficient (Wildman–Crippen LogP) is 3.95. The fourth-order valence-corrected chi connectivity index (χ4v) is 3.73. The van der Waals surface area contributed by atoms with E-state index in [9.17, 15) is 0 Å². The van der Waals surface area contributed by atoms with Crippen LogP contribution in [-0.4, -0.2) is 52.6 Å².